The number of aromatic nitrogens is 6. The summed E-state index contributed by atoms with van der Waals surface area (Å²) in [5, 5.41) is 0. The largest absolute Gasteiger partial charge is 0.289 e. The number of carbonyl (C=O) groups is 1. The van der Waals surface area contributed by atoms with Gasteiger partial charge in [0, 0.05) is 33.4 Å². The molecule has 0 bridgehead atoms. The van der Waals surface area contributed by atoms with Crippen LogP contribution in [0.25, 0.3) is 90.1 Å². The van der Waals surface area contributed by atoms with Crippen molar-refractivity contribution in [2.45, 2.75) is 0 Å². The SMILES string of the molecule is O=C(c1ccccc1-c1cccc(-c2cccc(-c3ncnc(-c4ccccc4)n3)c2)c1)c1ccccc1-c1cccc(-c2cccc(-c3ncnc(-c4ccccc4)n3)c2)c1. The molecule has 0 saturated heterocycles. The minimum absolute atomic E-state index is 0.0517. The Kier molecular flexibility index (Phi) is 10.3. The fourth-order valence-electron chi connectivity index (χ4n) is 7.74. The molecule has 0 N–H and O–H groups in total. The van der Waals surface area contributed by atoms with Crippen LogP contribution in [0.2, 0.25) is 0 Å². The molecule has 0 fully saturated rings. The highest BCUT2D eigenvalue weighted by Gasteiger charge is 2.19. The van der Waals surface area contributed by atoms with Crippen LogP contribution < -0.4 is 0 Å². The van der Waals surface area contributed by atoms with Gasteiger partial charge in [0.05, 0.1) is 0 Å². The average molecular weight is 797 g/mol. The molecule has 0 saturated carbocycles. The maximum absolute atomic E-state index is 14.8. The van der Waals surface area contributed by atoms with Crippen molar-refractivity contribution >= 4 is 5.78 Å². The summed E-state index contributed by atoms with van der Waals surface area (Å²) in [6, 6.07) is 68.5. The summed E-state index contributed by atoms with van der Waals surface area (Å²) >= 11 is 0. The molecule has 0 amide bonds. The van der Waals surface area contributed by atoms with E-state index in [9.17, 15) is 4.79 Å². The van der Waals surface area contributed by atoms with E-state index in [1.807, 2.05) is 146 Å². The number of hydrogen-bond acceptors (Lipinski definition) is 7. The second-order valence-electron chi connectivity index (χ2n) is 14.7. The fraction of sp³-hybridized carbons (Fsp3) is 0. The lowest BCUT2D eigenvalue weighted by Crippen LogP contribution is -2.05. The van der Waals surface area contributed by atoms with Gasteiger partial charge in [-0.25, -0.2) is 29.9 Å². The van der Waals surface area contributed by atoms with Crippen molar-refractivity contribution < 1.29 is 4.79 Å². The van der Waals surface area contributed by atoms with Crippen LogP contribution in [0, 0.1) is 0 Å². The molecule has 2 heterocycles. The van der Waals surface area contributed by atoms with Gasteiger partial charge in [0.15, 0.2) is 29.1 Å². The van der Waals surface area contributed by atoms with Gasteiger partial charge in [0.1, 0.15) is 12.7 Å². The van der Waals surface area contributed by atoms with Gasteiger partial charge in [0.25, 0.3) is 0 Å². The Labute approximate surface area is 359 Å². The molecule has 0 spiro atoms. The first-order valence-electron chi connectivity index (χ1n) is 20.3. The van der Waals surface area contributed by atoms with Crippen molar-refractivity contribution in [1.29, 1.82) is 0 Å². The van der Waals surface area contributed by atoms with Crippen LogP contribution >= 0.6 is 0 Å². The van der Waals surface area contributed by atoms with E-state index in [2.05, 4.69) is 80.6 Å². The molecule has 0 aliphatic rings. The molecule has 8 aromatic carbocycles. The summed E-state index contributed by atoms with van der Waals surface area (Å²) in [4.78, 5) is 42.2. The molecular formula is C55H36N6O. The Morgan fingerprint density at radius 3 is 0.968 bits per heavy atom. The third kappa shape index (κ3) is 7.81. The maximum Gasteiger partial charge on any atom is 0.194 e. The van der Waals surface area contributed by atoms with Gasteiger partial charge in [-0.2, -0.15) is 0 Å². The molecule has 0 atom stereocenters. The van der Waals surface area contributed by atoms with E-state index < -0.39 is 0 Å². The molecule has 62 heavy (non-hydrogen) atoms. The fourth-order valence-corrected chi connectivity index (χ4v) is 7.74. The minimum Gasteiger partial charge on any atom is -0.289 e. The molecule has 0 radical (unpaired) electrons. The first-order chi connectivity index (χ1) is 30.6. The highest BCUT2D eigenvalue weighted by Crippen LogP contribution is 2.35. The monoisotopic (exact) mass is 796 g/mol. The number of ketones is 1. The third-order valence-corrected chi connectivity index (χ3v) is 10.8. The van der Waals surface area contributed by atoms with Crippen LogP contribution in [0.3, 0.4) is 0 Å². The van der Waals surface area contributed by atoms with Crippen molar-refractivity contribution in [2.75, 3.05) is 0 Å². The van der Waals surface area contributed by atoms with Crippen molar-refractivity contribution in [1.82, 2.24) is 29.9 Å². The predicted octanol–water partition coefficient (Wildman–Crippen LogP) is 12.6. The van der Waals surface area contributed by atoms with Gasteiger partial charge >= 0.3 is 0 Å². The van der Waals surface area contributed by atoms with Crippen molar-refractivity contribution in [2.24, 2.45) is 0 Å². The molecule has 2 aromatic heterocycles. The third-order valence-electron chi connectivity index (χ3n) is 10.8. The number of benzene rings is 8. The Bertz CT molecular complexity index is 3010. The smallest absolute Gasteiger partial charge is 0.194 e. The summed E-state index contributed by atoms with van der Waals surface area (Å²) in [7, 11) is 0. The quantitative estimate of drug-likeness (QED) is 0.127. The van der Waals surface area contributed by atoms with Gasteiger partial charge in [-0.3, -0.25) is 4.79 Å². The number of rotatable bonds is 10. The first-order valence-corrected chi connectivity index (χ1v) is 20.3. The zero-order chi connectivity index (χ0) is 41.7. The van der Waals surface area contributed by atoms with Crippen molar-refractivity contribution in [3.63, 3.8) is 0 Å². The van der Waals surface area contributed by atoms with Crippen LogP contribution in [0.5, 0.6) is 0 Å². The van der Waals surface area contributed by atoms with Gasteiger partial charge in [-0.1, -0.05) is 182 Å². The average Bonchev–Trinajstić information content (AvgIpc) is 3.37. The lowest BCUT2D eigenvalue weighted by molar-refractivity contribution is 0.104. The topological polar surface area (TPSA) is 94.4 Å². The summed E-state index contributed by atoms with van der Waals surface area (Å²) in [5.74, 6) is 2.40. The standard InChI is InChI=1S/C55H36N6O/c62-51(49-29-9-7-27-47(49)43-23-11-19-39(31-43)41-21-13-25-45(33-41)54-58-35-56-52(60-54)37-15-3-1-4-16-37)50-30-10-8-28-48(50)44-24-12-20-40(32-44)42-22-14-26-46(34-42)55-59-36-57-53(61-55)38-17-5-2-6-18-38/h1-36H. The minimum atomic E-state index is -0.0517. The zero-order valence-corrected chi connectivity index (χ0v) is 33.4. The van der Waals surface area contributed by atoms with E-state index >= 15 is 0 Å². The molecule has 10 aromatic rings. The van der Waals surface area contributed by atoms with Crippen molar-refractivity contribution in [3.8, 4) is 90.1 Å². The van der Waals surface area contributed by atoms with Gasteiger partial charge < -0.3 is 0 Å². The van der Waals surface area contributed by atoms with Crippen LogP contribution in [-0.4, -0.2) is 35.7 Å². The van der Waals surface area contributed by atoms with Crippen LogP contribution in [0.15, 0.2) is 219 Å². The van der Waals surface area contributed by atoms with Crippen LogP contribution in [-0.2, 0) is 0 Å². The van der Waals surface area contributed by atoms with E-state index in [-0.39, 0.29) is 5.78 Å². The zero-order valence-electron chi connectivity index (χ0n) is 33.4. The van der Waals surface area contributed by atoms with Gasteiger partial charge in [0.2, 0.25) is 0 Å². The van der Waals surface area contributed by atoms with E-state index in [4.69, 9.17) is 9.97 Å². The molecule has 0 aliphatic heterocycles. The summed E-state index contributed by atoms with van der Waals surface area (Å²) in [6.07, 6.45) is 3.11. The summed E-state index contributed by atoms with van der Waals surface area (Å²) in [6.45, 7) is 0. The number of hydrogen-bond donors (Lipinski definition) is 0. The van der Waals surface area contributed by atoms with E-state index in [1.54, 1.807) is 12.7 Å². The van der Waals surface area contributed by atoms with E-state index in [0.29, 0.717) is 34.4 Å². The first kappa shape index (κ1) is 37.7. The van der Waals surface area contributed by atoms with Crippen molar-refractivity contribution in [3.05, 3.63) is 230 Å². The lowest BCUT2D eigenvalue weighted by atomic mass is 9.88. The van der Waals surface area contributed by atoms with Crippen LogP contribution in [0.4, 0.5) is 0 Å². The Balaban J connectivity index is 0.946. The number of nitrogens with zero attached hydrogens (tertiary/aromatic N) is 6. The van der Waals surface area contributed by atoms with Gasteiger partial charge in [-0.15, -0.1) is 0 Å². The Morgan fingerprint density at radius 1 is 0.274 bits per heavy atom. The normalized spacial score (nSPS) is 11.0. The summed E-state index contributed by atoms with van der Waals surface area (Å²) < 4.78 is 0. The molecule has 0 aliphatic carbocycles. The molecule has 292 valence electrons. The highest BCUT2D eigenvalue weighted by atomic mass is 16.1. The predicted molar refractivity (Wildman–Crippen MR) is 247 cm³/mol. The molecule has 10 rings (SSSR count). The second kappa shape index (κ2) is 17.0. The maximum atomic E-state index is 14.8. The van der Waals surface area contributed by atoms with Crippen LogP contribution in [0.1, 0.15) is 15.9 Å². The van der Waals surface area contributed by atoms with E-state index in [0.717, 1.165) is 66.8 Å². The molecule has 7 heteroatoms. The molecule has 7 nitrogen and oxygen atoms in total. The second-order valence-corrected chi connectivity index (χ2v) is 14.7. The van der Waals surface area contributed by atoms with E-state index in [1.165, 1.54) is 0 Å². The lowest BCUT2D eigenvalue weighted by Gasteiger charge is -2.14. The highest BCUT2D eigenvalue weighted by molar-refractivity contribution is 6.16. The molecule has 0 unspecified atom stereocenters. The molecular weight excluding hydrogens is 761 g/mol. The Hall–Kier alpha value is -8.55. The number of carbonyl (C=O) groups excluding carboxylic acids is 1. The summed E-state index contributed by atoms with van der Waals surface area (Å²) in [5.41, 5.74) is 12.5. The Morgan fingerprint density at radius 2 is 0.565 bits per heavy atom. The van der Waals surface area contributed by atoms with Gasteiger partial charge in [-0.05, 0) is 68.8 Å².